The lowest BCUT2D eigenvalue weighted by molar-refractivity contribution is 0.161. The SMILES string of the molecule is COc1ccc(N2CCN(C(CNC(=O)NCc3ccc(Cl)cc3)c3ccco3)CC2)cc1. The molecule has 1 unspecified atom stereocenters. The molecule has 174 valence electrons. The minimum Gasteiger partial charge on any atom is -0.497 e. The Bertz CT molecular complexity index is 1000. The van der Waals surface area contributed by atoms with E-state index < -0.39 is 0 Å². The van der Waals surface area contributed by atoms with E-state index in [9.17, 15) is 4.79 Å². The van der Waals surface area contributed by atoms with Gasteiger partial charge in [-0.3, -0.25) is 4.90 Å². The minimum atomic E-state index is -0.210. The molecule has 33 heavy (non-hydrogen) atoms. The van der Waals surface area contributed by atoms with Gasteiger partial charge < -0.3 is 24.7 Å². The first-order chi connectivity index (χ1) is 16.1. The predicted molar refractivity (Wildman–Crippen MR) is 130 cm³/mol. The van der Waals surface area contributed by atoms with Crippen molar-refractivity contribution in [1.29, 1.82) is 0 Å². The van der Waals surface area contributed by atoms with E-state index in [1.807, 2.05) is 48.5 Å². The summed E-state index contributed by atoms with van der Waals surface area (Å²) in [5.74, 6) is 1.71. The Hall–Kier alpha value is -3.16. The fourth-order valence-corrected chi connectivity index (χ4v) is 4.14. The molecule has 2 amide bonds. The van der Waals surface area contributed by atoms with Crippen molar-refractivity contribution < 1.29 is 13.9 Å². The molecular weight excluding hydrogens is 440 g/mol. The number of anilines is 1. The summed E-state index contributed by atoms with van der Waals surface area (Å²) in [4.78, 5) is 17.1. The molecule has 2 N–H and O–H groups in total. The Morgan fingerprint density at radius 1 is 1.03 bits per heavy atom. The quantitative estimate of drug-likeness (QED) is 0.515. The lowest BCUT2D eigenvalue weighted by atomic mass is 10.1. The number of methoxy groups -OCH3 is 1. The summed E-state index contributed by atoms with van der Waals surface area (Å²) in [6.07, 6.45) is 1.68. The number of piperazine rings is 1. The summed E-state index contributed by atoms with van der Waals surface area (Å²) < 4.78 is 11.0. The second kappa shape index (κ2) is 11.1. The molecule has 0 saturated carbocycles. The molecule has 1 atom stereocenters. The third-order valence-electron chi connectivity index (χ3n) is 5.89. The molecule has 1 saturated heterocycles. The summed E-state index contributed by atoms with van der Waals surface area (Å²) >= 11 is 5.92. The van der Waals surface area contributed by atoms with Crippen LogP contribution in [-0.2, 0) is 6.54 Å². The van der Waals surface area contributed by atoms with Gasteiger partial charge in [0, 0.05) is 50.0 Å². The van der Waals surface area contributed by atoms with Gasteiger partial charge in [0.2, 0.25) is 0 Å². The van der Waals surface area contributed by atoms with E-state index in [4.69, 9.17) is 20.8 Å². The molecule has 2 aromatic carbocycles. The van der Waals surface area contributed by atoms with E-state index in [0.717, 1.165) is 43.3 Å². The van der Waals surface area contributed by atoms with Gasteiger partial charge in [-0.25, -0.2) is 4.79 Å². The van der Waals surface area contributed by atoms with E-state index in [0.29, 0.717) is 18.1 Å². The van der Waals surface area contributed by atoms with Crippen LogP contribution in [0.1, 0.15) is 17.4 Å². The minimum absolute atomic E-state index is 0.0284. The molecule has 2 heterocycles. The van der Waals surface area contributed by atoms with Gasteiger partial charge in [0.1, 0.15) is 11.5 Å². The molecule has 0 spiro atoms. The highest BCUT2D eigenvalue weighted by atomic mass is 35.5. The van der Waals surface area contributed by atoms with Gasteiger partial charge in [-0.05, 0) is 54.1 Å². The van der Waals surface area contributed by atoms with Crippen molar-refractivity contribution in [1.82, 2.24) is 15.5 Å². The van der Waals surface area contributed by atoms with E-state index in [-0.39, 0.29) is 12.1 Å². The third-order valence-corrected chi connectivity index (χ3v) is 6.14. The molecule has 0 aliphatic carbocycles. The van der Waals surface area contributed by atoms with Gasteiger partial charge >= 0.3 is 6.03 Å². The van der Waals surface area contributed by atoms with E-state index in [1.165, 1.54) is 5.69 Å². The highest BCUT2D eigenvalue weighted by Crippen LogP contribution is 2.25. The summed E-state index contributed by atoms with van der Waals surface area (Å²) in [5.41, 5.74) is 2.18. The van der Waals surface area contributed by atoms with Gasteiger partial charge in [0.15, 0.2) is 0 Å². The molecule has 3 aromatic rings. The van der Waals surface area contributed by atoms with Crippen LogP contribution < -0.4 is 20.3 Å². The average molecular weight is 469 g/mol. The standard InChI is InChI=1S/C25H29ClN4O3/c1-32-22-10-8-21(9-11-22)29-12-14-30(15-13-29)23(24-3-2-16-33-24)18-28-25(31)27-17-19-4-6-20(26)7-5-19/h2-11,16,23H,12-15,17-18H2,1H3,(H2,27,28,31). The number of hydrogen-bond acceptors (Lipinski definition) is 5. The lowest BCUT2D eigenvalue weighted by Gasteiger charge is -2.39. The molecule has 1 aromatic heterocycles. The van der Waals surface area contributed by atoms with Crippen LogP contribution in [0.15, 0.2) is 71.3 Å². The summed E-state index contributed by atoms with van der Waals surface area (Å²) in [7, 11) is 1.68. The zero-order valence-corrected chi connectivity index (χ0v) is 19.4. The number of hydrogen-bond donors (Lipinski definition) is 2. The number of carbonyl (C=O) groups is 1. The number of urea groups is 1. The highest BCUT2D eigenvalue weighted by Gasteiger charge is 2.27. The maximum Gasteiger partial charge on any atom is 0.315 e. The number of halogens is 1. The Morgan fingerprint density at radius 3 is 2.39 bits per heavy atom. The van der Waals surface area contributed by atoms with Crippen molar-refractivity contribution in [2.24, 2.45) is 0 Å². The predicted octanol–water partition coefficient (Wildman–Crippen LogP) is 4.30. The molecule has 4 rings (SSSR count). The van der Waals surface area contributed by atoms with Gasteiger partial charge in [-0.15, -0.1) is 0 Å². The van der Waals surface area contributed by atoms with Gasteiger partial charge in [-0.1, -0.05) is 23.7 Å². The number of carbonyl (C=O) groups excluding carboxylic acids is 1. The average Bonchev–Trinajstić information content (AvgIpc) is 3.39. The molecule has 8 heteroatoms. The first kappa shape index (κ1) is 23.0. The Labute approximate surface area is 199 Å². The number of amides is 2. The zero-order valence-electron chi connectivity index (χ0n) is 18.7. The van der Waals surface area contributed by atoms with Crippen LogP contribution in [-0.4, -0.2) is 50.8 Å². The number of rotatable bonds is 8. The largest absolute Gasteiger partial charge is 0.497 e. The number of furan rings is 1. The molecule has 1 aliphatic heterocycles. The Kier molecular flexibility index (Phi) is 7.75. The molecule has 0 bridgehead atoms. The second-order valence-corrected chi connectivity index (χ2v) is 8.38. The van der Waals surface area contributed by atoms with E-state index in [2.05, 4.69) is 32.6 Å². The van der Waals surface area contributed by atoms with Crippen molar-refractivity contribution >= 4 is 23.3 Å². The zero-order chi connectivity index (χ0) is 23.0. The lowest BCUT2D eigenvalue weighted by Crippen LogP contribution is -2.50. The number of ether oxygens (including phenoxy) is 1. The van der Waals surface area contributed by atoms with Crippen LogP contribution in [0.25, 0.3) is 0 Å². The van der Waals surface area contributed by atoms with Crippen LogP contribution in [0.5, 0.6) is 5.75 Å². The van der Waals surface area contributed by atoms with Crippen LogP contribution in [0.4, 0.5) is 10.5 Å². The Balaban J connectivity index is 1.31. The summed E-state index contributed by atoms with van der Waals surface area (Å²) in [6.45, 7) is 4.42. The van der Waals surface area contributed by atoms with E-state index in [1.54, 1.807) is 13.4 Å². The van der Waals surface area contributed by atoms with Crippen LogP contribution >= 0.6 is 11.6 Å². The highest BCUT2D eigenvalue weighted by molar-refractivity contribution is 6.30. The summed E-state index contributed by atoms with van der Waals surface area (Å²) in [6, 6.07) is 19.2. The molecule has 1 aliphatic rings. The molecule has 1 fully saturated rings. The first-order valence-electron chi connectivity index (χ1n) is 11.0. The van der Waals surface area contributed by atoms with Crippen molar-refractivity contribution in [2.45, 2.75) is 12.6 Å². The monoisotopic (exact) mass is 468 g/mol. The summed E-state index contributed by atoms with van der Waals surface area (Å²) in [5, 5.41) is 6.58. The van der Waals surface area contributed by atoms with Gasteiger partial charge in [0.25, 0.3) is 0 Å². The Morgan fingerprint density at radius 2 is 1.76 bits per heavy atom. The smallest absolute Gasteiger partial charge is 0.315 e. The van der Waals surface area contributed by atoms with Crippen molar-refractivity contribution in [3.8, 4) is 5.75 Å². The van der Waals surface area contributed by atoms with E-state index >= 15 is 0 Å². The normalized spacial score (nSPS) is 15.2. The maximum absolute atomic E-state index is 12.4. The van der Waals surface area contributed by atoms with Gasteiger partial charge in [-0.2, -0.15) is 0 Å². The van der Waals surface area contributed by atoms with Crippen molar-refractivity contribution in [2.75, 3.05) is 44.7 Å². The number of nitrogens with one attached hydrogen (secondary N) is 2. The fraction of sp³-hybridized carbons (Fsp3) is 0.320. The number of nitrogens with zero attached hydrogens (tertiary/aromatic N) is 2. The second-order valence-electron chi connectivity index (χ2n) is 7.94. The van der Waals surface area contributed by atoms with Crippen LogP contribution in [0.2, 0.25) is 5.02 Å². The van der Waals surface area contributed by atoms with Crippen molar-refractivity contribution in [3.05, 3.63) is 83.3 Å². The fourth-order valence-electron chi connectivity index (χ4n) is 4.01. The third kappa shape index (κ3) is 6.21. The van der Waals surface area contributed by atoms with Crippen LogP contribution in [0, 0.1) is 0 Å². The molecule has 7 nitrogen and oxygen atoms in total. The first-order valence-corrected chi connectivity index (χ1v) is 11.4. The number of benzene rings is 2. The maximum atomic E-state index is 12.4. The van der Waals surface area contributed by atoms with Crippen molar-refractivity contribution in [3.63, 3.8) is 0 Å². The topological polar surface area (TPSA) is 70.0 Å². The van der Waals surface area contributed by atoms with Gasteiger partial charge in [0.05, 0.1) is 19.4 Å². The molecular formula is C25H29ClN4O3. The van der Waals surface area contributed by atoms with Crippen LogP contribution in [0.3, 0.4) is 0 Å². The molecule has 0 radical (unpaired) electrons.